The molecular weight excluding hydrogens is 513 g/mol. The summed E-state index contributed by atoms with van der Waals surface area (Å²) in [4.78, 5) is 39.1. The first-order chi connectivity index (χ1) is 17.3. The Morgan fingerprint density at radius 1 is 1.16 bits per heavy atom. The molecule has 0 bridgehead atoms. The predicted molar refractivity (Wildman–Crippen MR) is 134 cm³/mol. The minimum absolute atomic E-state index is 0.0404. The van der Waals surface area contributed by atoms with Gasteiger partial charge in [0.2, 0.25) is 0 Å². The second kappa shape index (κ2) is 11.8. The number of H-pyrrole nitrogens is 1. The average Bonchev–Trinajstić information content (AvgIpc) is 3.14. The van der Waals surface area contributed by atoms with E-state index in [9.17, 15) is 22.8 Å². The van der Waals surface area contributed by atoms with Crippen molar-refractivity contribution in [2.45, 2.75) is 44.9 Å². The quantitative estimate of drug-likeness (QED) is 0.445. The number of alkyl halides is 3. The maximum atomic E-state index is 12.5. The molecule has 2 heterocycles. The maximum Gasteiger partial charge on any atom is 0.490 e. The number of fused-ring (bicyclic) bond motifs is 1. The Kier molecular flexibility index (Phi) is 9.03. The zero-order valence-electron chi connectivity index (χ0n) is 20.3. The first-order valence-corrected chi connectivity index (χ1v) is 12.0. The molecule has 1 aromatic heterocycles. The maximum absolute atomic E-state index is 12.5. The number of carboxylic acid groups (broad SMARTS) is 1. The first-order valence-electron chi connectivity index (χ1n) is 11.6. The largest absolute Gasteiger partial charge is 0.490 e. The second-order valence-corrected chi connectivity index (χ2v) is 9.47. The van der Waals surface area contributed by atoms with Crippen molar-refractivity contribution < 1.29 is 27.9 Å². The van der Waals surface area contributed by atoms with Gasteiger partial charge in [0.15, 0.2) is 0 Å². The summed E-state index contributed by atoms with van der Waals surface area (Å²) in [5.74, 6) is -2.80. The van der Waals surface area contributed by atoms with Crippen molar-refractivity contribution >= 4 is 34.5 Å². The number of carboxylic acids is 1. The molecule has 4 rings (SSSR count). The van der Waals surface area contributed by atoms with E-state index < -0.39 is 12.1 Å². The predicted octanol–water partition coefficient (Wildman–Crippen LogP) is 4.38. The number of halogens is 4. The smallest absolute Gasteiger partial charge is 0.475 e. The molecule has 0 radical (unpaired) electrons. The van der Waals surface area contributed by atoms with Gasteiger partial charge in [-0.2, -0.15) is 13.2 Å². The summed E-state index contributed by atoms with van der Waals surface area (Å²) in [6, 6.07) is 13.4. The average molecular weight is 541 g/mol. The molecule has 1 atom stereocenters. The molecule has 12 heteroatoms. The van der Waals surface area contributed by atoms with E-state index in [-0.39, 0.29) is 23.7 Å². The standard InChI is InChI=1S/C23H27ClN4O2.C2HF3O2/c1-15-3-5-17(6-4-15)22(29)25-16(2)14-27-11-9-19(10-12-27)28-21-8-7-18(24)13-20(21)26-23(28)30;3-2(4,5)1(6)7/h3-8,13,16,19H,9-12,14H2,1-2H3,(H,25,29)(H,26,30);(H,6,7)/t16-;/m0./s1. The van der Waals surface area contributed by atoms with E-state index in [0.29, 0.717) is 10.6 Å². The van der Waals surface area contributed by atoms with Crippen molar-refractivity contribution in [1.82, 2.24) is 19.8 Å². The summed E-state index contributed by atoms with van der Waals surface area (Å²) in [7, 11) is 0. The normalized spacial score (nSPS) is 15.6. The number of aryl methyl sites for hydroxylation is 1. The molecule has 1 fully saturated rings. The fourth-order valence-corrected chi connectivity index (χ4v) is 4.44. The van der Waals surface area contributed by atoms with Crippen LogP contribution in [0, 0.1) is 6.92 Å². The third-order valence-corrected chi connectivity index (χ3v) is 6.30. The van der Waals surface area contributed by atoms with Crippen LogP contribution in [0.5, 0.6) is 0 Å². The summed E-state index contributed by atoms with van der Waals surface area (Å²) in [6.45, 7) is 6.62. The molecule has 200 valence electrons. The number of hydrogen-bond acceptors (Lipinski definition) is 4. The Balaban J connectivity index is 0.000000479. The number of carbonyl (C=O) groups excluding carboxylic acids is 1. The molecular formula is C25H28ClF3N4O4. The fourth-order valence-electron chi connectivity index (χ4n) is 4.27. The molecule has 1 aliphatic rings. The van der Waals surface area contributed by atoms with Gasteiger partial charge in [-0.25, -0.2) is 9.59 Å². The van der Waals surface area contributed by atoms with Gasteiger partial charge in [-0.1, -0.05) is 29.3 Å². The lowest BCUT2D eigenvalue weighted by atomic mass is 10.0. The molecule has 37 heavy (non-hydrogen) atoms. The molecule has 1 aliphatic heterocycles. The molecule has 8 nitrogen and oxygen atoms in total. The molecule has 3 N–H and O–H groups in total. The monoisotopic (exact) mass is 540 g/mol. The number of nitrogens with one attached hydrogen (secondary N) is 2. The van der Waals surface area contributed by atoms with Gasteiger partial charge in [-0.15, -0.1) is 0 Å². The molecule has 0 spiro atoms. The minimum atomic E-state index is -5.08. The van der Waals surface area contributed by atoms with E-state index in [0.717, 1.165) is 49.1 Å². The lowest BCUT2D eigenvalue weighted by molar-refractivity contribution is -0.192. The van der Waals surface area contributed by atoms with Crippen LogP contribution in [0.4, 0.5) is 13.2 Å². The van der Waals surface area contributed by atoms with Crippen molar-refractivity contribution in [1.29, 1.82) is 0 Å². The first kappa shape index (κ1) is 28.3. The number of piperidine rings is 1. The van der Waals surface area contributed by atoms with Crippen molar-refractivity contribution in [2.75, 3.05) is 19.6 Å². The highest BCUT2D eigenvalue weighted by Gasteiger charge is 2.38. The number of rotatable bonds is 5. The highest BCUT2D eigenvalue weighted by atomic mass is 35.5. The number of aromatic nitrogens is 2. The molecule has 0 aliphatic carbocycles. The molecule has 1 amide bonds. The number of amides is 1. The summed E-state index contributed by atoms with van der Waals surface area (Å²) in [5.41, 5.74) is 3.43. The number of hydrogen-bond donors (Lipinski definition) is 3. The van der Waals surface area contributed by atoms with E-state index in [2.05, 4.69) is 15.2 Å². The van der Waals surface area contributed by atoms with Crippen LogP contribution in [0.25, 0.3) is 11.0 Å². The molecule has 1 saturated heterocycles. The number of benzene rings is 2. The zero-order valence-corrected chi connectivity index (χ0v) is 21.1. The number of carbonyl (C=O) groups is 2. The van der Waals surface area contributed by atoms with Crippen molar-refractivity contribution in [2.24, 2.45) is 0 Å². The van der Waals surface area contributed by atoms with Crippen LogP contribution in [0.3, 0.4) is 0 Å². The lowest BCUT2D eigenvalue weighted by Crippen LogP contribution is -2.45. The Hall–Kier alpha value is -3.31. The van der Waals surface area contributed by atoms with Crippen molar-refractivity contribution in [3.63, 3.8) is 0 Å². The highest BCUT2D eigenvalue weighted by molar-refractivity contribution is 6.31. The van der Waals surface area contributed by atoms with Crippen molar-refractivity contribution in [3.05, 3.63) is 69.1 Å². The van der Waals surface area contributed by atoms with Crippen LogP contribution >= 0.6 is 11.6 Å². The number of likely N-dealkylation sites (tertiary alicyclic amines) is 1. The lowest BCUT2D eigenvalue weighted by Gasteiger charge is -2.34. The van der Waals surface area contributed by atoms with Gasteiger partial charge < -0.3 is 20.3 Å². The van der Waals surface area contributed by atoms with Gasteiger partial charge in [0, 0.05) is 42.3 Å². The number of nitrogens with zero attached hydrogens (tertiary/aromatic N) is 2. The number of imidazole rings is 1. The van der Waals surface area contributed by atoms with Crippen LogP contribution in [-0.4, -0.2) is 63.3 Å². The van der Waals surface area contributed by atoms with Gasteiger partial charge in [0.1, 0.15) is 0 Å². The molecule has 0 unspecified atom stereocenters. The molecule has 3 aromatic rings. The van der Waals surface area contributed by atoms with Gasteiger partial charge in [0.05, 0.1) is 11.0 Å². The van der Waals surface area contributed by atoms with Gasteiger partial charge >= 0.3 is 17.8 Å². The summed E-state index contributed by atoms with van der Waals surface area (Å²) in [6.07, 6.45) is -3.29. The van der Waals surface area contributed by atoms with Gasteiger partial charge in [0.25, 0.3) is 5.91 Å². The van der Waals surface area contributed by atoms with Gasteiger partial charge in [-0.05, 0) is 57.0 Å². The zero-order chi connectivity index (χ0) is 27.3. The summed E-state index contributed by atoms with van der Waals surface area (Å²) in [5, 5.41) is 10.8. The van der Waals surface area contributed by atoms with E-state index >= 15 is 0 Å². The Bertz CT molecular complexity index is 1300. The minimum Gasteiger partial charge on any atom is -0.475 e. The fraction of sp³-hybridized carbons (Fsp3) is 0.400. The number of aromatic amines is 1. The summed E-state index contributed by atoms with van der Waals surface area (Å²) < 4.78 is 33.6. The van der Waals surface area contributed by atoms with Crippen LogP contribution in [0.15, 0.2) is 47.3 Å². The van der Waals surface area contributed by atoms with Crippen LogP contribution in [-0.2, 0) is 4.79 Å². The van der Waals surface area contributed by atoms with Crippen LogP contribution in [0.2, 0.25) is 5.02 Å². The topological polar surface area (TPSA) is 107 Å². The summed E-state index contributed by atoms with van der Waals surface area (Å²) >= 11 is 6.05. The van der Waals surface area contributed by atoms with E-state index in [1.165, 1.54) is 0 Å². The van der Waals surface area contributed by atoms with Crippen LogP contribution < -0.4 is 11.0 Å². The number of aliphatic carboxylic acids is 1. The Morgan fingerprint density at radius 2 is 1.76 bits per heavy atom. The Morgan fingerprint density at radius 3 is 2.32 bits per heavy atom. The van der Waals surface area contributed by atoms with E-state index in [4.69, 9.17) is 21.5 Å². The van der Waals surface area contributed by atoms with E-state index in [1.54, 1.807) is 6.07 Å². The SMILES string of the molecule is Cc1ccc(C(=O)N[C@@H](C)CN2CCC(n3c(=O)[nH]c4cc(Cl)ccc43)CC2)cc1.O=C(O)C(F)(F)F. The van der Waals surface area contributed by atoms with Crippen LogP contribution in [0.1, 0.15) is 41.7 Å². The van der Waals surface area contributed by atoms with Gasteiger partial charge in [-0.3, -0.25) is 9.36 Å². The Labute approximate surface area is 216 Å². The van der Waals surface area contributed by atoms with E-state index in [1.807, 2.05) is 54.8 Å². The molecule has 0 saturated carbocycles. The third kappa shape index (κ3) is 7.59. The highest BCUT2D eigenvalue weighted by Crippen LogP contribution is 2.26. The second-order valence-electron chi connectivity index (χ2n) is 9.04. The third-order valence-electron chi connectivity index (χ3n) is 6.07. The molecule has 2 aromatic carbocycles. The van der Waals surface area contributed by atoms with Crippen molar-refractivity contribution in [3.8, 4) is 0 Å².